The van der Waals surface area contributed by atoms with E-state index in [1.807, 2.05) is 68.4 Å². The van der Waals surface area contributed by atoms with Crippen LogP contribution >= 0.6 is 0 Å². The molecule has 0 radical (unpaired) electrons. The molecule has 0 saturated carbocycles. The number of amides is 3. The summed E-state index contributed by atoms with van der Waals surface area (Å²) in [4.78, 5) is 26.1. The molecule has 3 rings (SSSR count). The fraction of sp³-hybridized carbons (Fsp3) is 0.200. The van der Waals surface area contributed by atoms with Gasteiger partial charge < -0.3 is 15.4 Å². The lowest BCUT2D eigenvalue weighted by atomic mass is 10.0. The molecule has 0 aliphatic rings. The molecule has 3 aromatic rings. The summed E-state index contributed by atoms with van der Waals surface area (Å²) >= 11 is 0. The van der Waals surface area contributed by atoms with Gasteiger partial charge in [-0.05, 0) is 49.7 Å². The Labute approximate surface area is 182 Å². The molecule has 0 aliphatic carbocycles. The van der Waals surface area contributed by atoms with Crippen molar-refractivity contribution >= 4 is 23.3 Å². The molecule has 0 saturated heterocycles. The first kappa shape index (κ1) is 21.9. The molecule has 0 aliphatic heterocycles. The largest absolute Gasteiger partial charge is 0.484 e. The van der Waals surface area contributed by atoms with Crippen molar-refractivity contribution in [2.24, 2.45) is 0 Å². The SMILES string of the molecule is CC(C)NC(=O)N(C)c1ccc(OCC(=O)Nc2ccccc2-c2ccccc2)cc1. The second-order valence-corrected chi connectivity index (χ2v) is 7.41. The molecule has 31 heavy (non-hydrogen) atoms. The van der Waals surface area contributed by atoms with Crippen LogP contribution in [0.25, 0.3) is 11.1 Å². The molecular weight excluding hydrogens is 390 g/mol. The predicted octanol–water partition coefficient (Wildman–Crippen LogP) is 4.93. The van der Waals surface area contributed by atoms with E-state index in [0.29, 0.717) is 5.75 Å². The summed E-state index contributed by atoms with van der Waals surface area (Å²) in [6.45, 7) is 3.70. The Morgan fingerprint density at radius 3 is 2.23 bits per heavy atom. The van der Waals surface area contributed by atoms with Crippen LogP contribution in [-0.4, -0.2) is 31.6 Å². The van der Waals surface area contributed by atoms with Crippen molar-refractivity contribution in [1.82, 2.24) is 5.32 Å². The Kier molecular flexibility index (Phi) is 7.27. The lowest BCUT2D eigenvalue weighted by molar-refractivity contribution is -0.118. The van der Waals surface area contributed by atoms with E-state index in [-0.39, 0.29) is 24.6 Å². The topological polar surface area (TPSA) is 70.7 Å². The lowest BCUT2D eigenvalue weighted by Gasteiger charge is -2.20. The Morgan fingerprint density at radius 2 is 1.55 bits per heavy atom. The molecule has 0 fully saturated rings. The quantitative estimate of drug-likeness (QED) is 0.573. The number of hydrogen-bond donors (Lipinski definition) is 2. The van der Waals surface area contributed by atoms with Crippen molar-refractivity contribution in [3.63, 3.8) is 0 Å². The van der Waals surface area contributed by atoms with Crippen molar-refractivity contribution in [3.05, 3.63) is 78.9 Å². The van der Waals surface area contributed by atoms with E-state index in [1.165, 1.54) is 4.90 Å². The molecule has 6 nitrogen and oxygen atoms in total. The van der Waals surface area contributed by atoms with Crippen LogP contribution in [0.15, 0.2) is 78.9 Å². The van der Waals surface area contributed by atoms with Gasteiger partial charge in [-0.3, -0.25) is 9.69 Å². The number of urea groups is 1. The first-order chi connectivity index (χ1) is 14.9. The van der Waals surface area contributed by atoms with E-state index in [9.17, 15) is 9.59 Å². The molecule has 0 spiro atoms. The number of rotatable bonds is 7. The first-order valence-corrected chi connectivity index (χ1v) is 10.2. The van der Waals surface area contributed by atoms with Crippen LogP contribution in [0, 0.1) is 0 Å². The molecule has 6 heteroatoms. The third kappa shape index (κ3) is 6.09. The van der Waals surface area contributed by atoms with Gasteiger partial charge in [0, 0.05) is 30.0 Å². The van der Waals surface area contributed by atoms with Crippen molar-refractivity contribution in [2.75, 3.05) is 23.9 Å². The highest BCUT2D eigenvalue weighted by molar-refractivity contribution is 5.96. The van der Waals surface area contributed by atoms with Crippen LogP contribution in [0.2, 0.25) is 0 Å². The van der Waals surface area contributed by atoms with Gasteiger partial charge in [-0.15, -0.1) is 0 Å². The van der Waals surface area contributed by atoms with Gasteiger partial charge in [-0.25, -0.2) is 4.79 Å². The number of carbonyl (C=O) groups is 2. The van der Waals surface area contributed by atoms with Gasteiger partial charge in [-0.1, -0.05) is 48.5 Å². The lowest BCUT2D eigenvalue weighted by Crippen LogP contribution is -2.40. The van der Waals surface area contributed by atoms with Crippen molar-refractivity contribution in [2.45, 2.75) is 19.9 Å². The second kappa shape index (κ2) is 10.3. The van der Waals surface area contributed by atoms with Crippen LogP contribution in [0.5, 0.6) is 5.75 Å². The van der Waals surface area contributed by atoms with Gasteiger partial charge in [0.2, 0.25) is 0 Å². The highest BCUT2D eigenvalue weighted by atomic mass is 16.5. The molecule has 2 N–H and O–H groups in total. The van der Waals surface area contributed by atoms with Gasteiger partial charge in [-0.2, -0.15) is 0 Å². The number of carbonyl (C=O) groups excluding carboxylic acids is 2. The smallest absolute Gasteiger partial charge is 0.321 e. The summed E-state index contributed by atoms with van der Waals surface area (Å²) in [5.41, 5.74) is 3.44. The summed E-state index contributed by atoms with van der Waals surface area (Å²) < 4.78 is 5.61. The van der Waals surface area contributed by atoms with Crippen molar-refractivity contribution < 1.29 is 14.3 Å². The van der Waals surface area contributed by atoms with E-state index in [4.69, 9.17) is 4.74 Å². The fourth-order valence-corrected chi connectivity index (χ4v) is 3.02. The van der Waals surface area contributed by atoms with Gasteiger partial charge in [0.05, 0.1) is 0 Å². The molecule has 0 unspecified atom stereocenters. The number of nitrogens with zero attached hydrogens (tertiary/aromatic N) is 1. The van der Waals surface area contributed by atoms with Crippen molar-refractivity contribution in [1.29, 1.82) is 0 Å². The van der Waals surface area contributed by atoms with E-state index in [1.54, 1.807) is 31.3 Å². The van der Waals surface area contributed by atoms with Gasteiger partial charge in [0.1, 0.15) is 5.75 Å². The summed E-state index contributed by atoms with van der Waals surface area (Å²) in [5.74, 6) is 0.300. The minimum Gasteiger partial charge on any atom is -0.484 e. The number of para-hydroxylation sites is 1. The zero-order valence-corrected chi connectivity index (χ0v) is 18.0. The zero-order valence-electron chi connectivity index (χ0n) is 18.0. The number of benzene rings is 3. The molecule has 0 heterocycles. The van der Waals surface area contributed by atoms with Gasteiger partial charge in [0.25, 0.3) is 5.91 Å². The maximum Gasteiger partial charge on any atom is 0.321 e. The third-order valence-corrected chi connectivity index (χ3v) is 4.60. The third-order valence-electron chi connectivity index (χ3n) is 4.60. The fourth-order valence-electron chi connectivity index (χ4n) is 3.02. The predicted molar refractivity (Wildman–Crippen MR) is 125 cm³/mol. The summed E-state index contributed by atoms with van der Waals surface area (Å²) in [7, 11) is 1.70. The molecular formula is C25H27N3O3. The molecule has 0 atom stereocenters. The maximum atomic E-state index is 12.4. The molecule has 0 bridgehead atoms. The Balaban J connectivity index is 1.58. The summed E-state index contributed by atoms with van der Waals surface area (Å²) in [5, 5.41) is 5.75. The van der Waals surface area contributed by atoms with E-state index >= 15 is 0 Å². The first-order valence-electron chi connectivity index (χ1n) is 10.2. The van der Waals surface area contributed by atoms with Crippen LogP contribution in [0.4, 0.5) is 16.2 Å². The average molecular weight is 418 g/mol. The summed E-state index contributed by atoms with van der Waals surface area (Å²) in [6.07, 6.45) is 0. The van der Waals surface area contributed by atoms with Crippen LogP contribution in [-0.2, 0) is 4.79 Å². The number of ether oxygens (including phenoxy) is 1. The van der Waals surface area contributed by atoms with Gasteiger partial charge in [0.15, 0.2) is 6.61 Å². The molecule has 3 aromatic carbocycles. The van der Waals surface area contributed by atoms with Crippen molar-refractivity contribution in [3.8, 4) is 16.9 Å². The highest BCUT2D eigenvalue weighted by Crippen LogP contribution is 2.27. The van der Waals surface area contributed by atoms with E-state index in [0.717, 1.165) is 22.5 Å². The Bertz CT molecular complexity index is 1020. The second-order valence-electron chi connectivity index (χ2n) is 7.41. The molecule has 160 valence electrons. The number of nitrogens with one attached hydrogen (secondary N) is 2. The van der Waals surface area contributed by atoms with Crippen LogP contribution < -0.4 is 20.3 Å². The van der Waals surface area contributed by atoms with Gasteiger partial charge >= 0.3 is 6.03 Å². The Hall–Kier alpha value is -3.80. The monoisotopic (exact) mass is 417 g/mol. The Morgan fingerprint density at radius 1 is 0.903 bits per heavy atom. The molecule has 0 aromatic heterocycles. The normalized spacial score (nSPS) is 10.5. The van der Waals surface area contributed by atoms with E-state index < -0.39 is 0 Å². The average Bonchev–Trinajstić information content (AvgIpc) is 2.78. The zero-order chi connectivity index (χ0) is 22.2. The number of hydrogen-bond acceptors (Lipinski definition) is 3. The van der Waals surface area contributed by atoms with Crippen LogP contribution in [0.3, 0.4) is 0 Å². The maximum absolute atomic E-state index is 12.4. The standard InChI is InChI=1S/C25H27N3O3/c1-18(2)26-25(30)28(3)20-13-15-21(16-14-20)31-17-24(29)27-23-12-8-7-11-22(23)19-9-5-4-6-10-19/h4-16,18H,17H2,1-3H3,(H,26,30)(H,27,29). The number of anilines is 2. The highest BCUT2D eigenvalue weighted by Gasteiger charge is 2.12. The minimum atomic E-state index is -0.249. The van der Waals surface area contributed by atoms with E-state index in [2.05, 4.69) is 10.6 Å². The summed E-state index contributed by atoms with van der Waals surface area (Å²) in [6, 6.07) is 24.4. The molecule has 3 amide bonds. The van der Waals surface area contributed by atoms with Crippen LogP contribution in [0.1, 0.15) is 13.8 Å². The minimum absolute atomic E-state index is 0.0584.